The molecule has 21 heavy (non-hydrogen) atoms. The Balaban J connectivity index is 1.98. The Morgan fingerprint density at radius 2 is 2.05 bits per heavy atom. The first kappa shape index (κ1) is 13.6. The maximum absolute atomic E-state index is 9.59. The van der Waals surface area contributed by atoms with Gasteiger partial charge in [-0.3, -0.25) is 4.98 Å². The summed E-state index contributed by atoms with van der Waals surface area (Å²) < 4.78 is 11.1. The summed E-state index contributed by atoms with van der Waals surface area (Å²) in [5.74, 6) is 1.17. The normalized spacial score (nSPS) is 10.6. The molecule has 106 valence electrons. The number of methoxy groups -OCH3 is 1. The lowest BCUT2D eigenvalue weighted by Crippen LogP contribution is -1.86. The average Bonchev–Trinajstić information content (AvgIpc) is 2.97. The Morgan fingerprint density at radius 3 is 2.81 bits per heavy atom. The number of aromatic nitrogens is 3. The summed E-state index contributed by atoms with van der Waals surface area (Å²) in [5, 5.41) is 13.5. The topological polar surface area (TPSA) is 81.3 Å². The summed E-state index contributed by atoms with van der Waals surface area (Å²) in [6, 6.07) is 6.66. The number of aromatic hydroxyl groups is 1. The third-order valence-corrected chi connectivity index (χ3v) is 3.25. The van der Waals surface area contributed by atoms with Crippen molar-refractivity contribution >= 4 is 15.9 Å². The first-order valence-electron chi connectivity index (χ1n) is 5.99. The third-order valence-electron chi connectivity index (χ3n) is 2.82. The number of rotatable bonds is 3. The smallest absolute Gasteiger partial charge is 0.258 e. The molecular formula is C14H10BrN3O3. The molecule has 0 aliphatic rings. The monoisotopic (exact) mass is 347 g/mol. The van der Waals surface area contributed by atoms with Crippen LogP contribution in [0.2, 0.25) is 0 Å². The first-order valence-corrected chi connectivity index (χ1v) is 6.78. The molecule has 0 saturated carbocycles. The number of phenolic OH excluding ortho intramolecular Hbond substituents is 1. The zero-order valence-corrected chi connectivity index (χ0v) is 12.5. The molecule has 0 radical (unpaired) electrons. The number of nitrogens with zero attached hydrogens (tertiary/aromatic N) is 3. The van der Waals surface area contributed by atoms with Crippen LogP contribution >= 0.6 is 15.9 Å². The molecule has 0 fully saturated rings. The van der Waals surface area contributed by atoms with Gasteiger partial charge in [-0.15, -0.1) is 0 Å². The Hall–Kier alpha value is -2.41. The van der Waals surface area contributed by atoms with E-state index in [0.717, 1.165) is 10.0 Å². The van der Waals surface area contributed by atoms with Crippen molar-refractivity contribution in [2.45, 2.75) is 0 Å². The highest BCUT2D eigenvalue weighted by Gasteiger charge is 2.13. The lowest BCUT2D eigenvalue weighted by molar-refractivity contribution is 0.373. The predicted molar refractivity (Wildman–Crippen MR) is 78.9 cm³/mol. The van der Waals surface area contributed by atoms with Crippen LogP contribution in [0.1, 0.15) is 0 Å². The Morgan fingerprint density at radius 1 is 1.19 bits per heavy atom. The Bertz CT molecular complexity index is 789. The number of benzene rings is 1. The van der Waals surface area contributed by atoms with Gasteiger partial charge in [0.2, 0.25) is 5.82 Å². The zero-order chi connectivity index (χ0) is 14.8. The minimum absolute atomic E-state index is 0.0529. The van der Waals surface area contributed by atoms with Gasteiger partial charge >= 0.3 is 0 Å². The molecule has 3 rings (SSSR count). The molecule has 0 unspecified atom stereocenters. The van der Waals surface area contributed by atoms with E-state index in [1.807, 2.05) is 6.07 Å². The van der Waals surface area contributed by atoms with Crippen molar-refractivity contribution < 1.29 is 14.4 Å². The van der Waals surface area contributed by atoms with E-state index in [2.05, 4.69) is 31.1 Å². The van der Waals surface area contributed by atoms with Crippen molar-refractivity contribution in [3.8, 4) is 34.3 Å². The predicted octanol–water partition coefficient (Wildman–Crippen LogP) is 3.28. The lowest BCUT2D eigenvalue weighted by Gasteiger charge is -2.03. The van der Waals surface area contributed by atoms with E-state index in [-0.39, 0.29) is 5.75 Å². The van der Waals surface area contributed by atoms with Crippen molar-refractivity contribution in [2.75, 3.05) is 7.11 Å². The van der Waals surface area contributed by atoms with Crippen LogP contribution in [0.3, 0.4) is 0 Å². The molecule has 2 heterocycles. The van der Waals surface area contributed by atoms with Crippen molar-refractivity contribution in [2.24, 2.45) is 0 Å². The number of ether oxygens (including phenoxy) is 1. The van der Waals surface area contributed by atoms with Gasteiger partial charge in [0.25, 0.3) is 5.89 Å². The quantitative estimate of drug-likeness (QED) is 0.782. The molecule has 2 aromatic heterocycles. The highest BCUT2D eigenvalue weighted by Crippen LogP contribution is 2.31. The summed E-state index contributed by atoms with van der Waals surface area (Å²) in [7, 11) is 1.48. The molecule has 1 aromatic carbocycles. The molecule has 0 bridgehead atoms. The Labute approximate surface area is 128 Å². The van der Waals surface area contributed by atoms with Crippen LogP contribution in [0.25, 0.3) is 22.8 Å². The zero-order valence-electron chi connectivity index (χ0n) is 10.9. The third kappa shape index (κ3) is 2.73. The van der Waals surface area contributed by atoms with Gasteiger partial charge in [0.15, 0.2) is 11.5 Å². The highest BCUT2D eigenvalue weighted by molar-refractivity contribution is 9.10. The SMILES string of the molecule is COc1cc(-c2nc(-c3cncc(Br)c3)no2)ccc1O. The number of phenols is 1. The fourth-order valence-electron chi connectivity index (χ4n) is 1.80. The van der Waals surface area contributed by atoms with Crippen molar-refractivity contribution in [1.82, 2.24) is 15.1 Å². The summed E-state index contributed by atoms with van der Waals surface area (Å²) in [4.78, 5) is 8.38. The minimum Gasteiger partial charge on any atom is -0.504 e. The number of pyridine rings is 1. The second-order valence-electron chi connectivity index (χ2n) is 4.20. The van der Waals surface area contributed by atoms with E-state index >= 15 is 0 Å². The van der Waals surface area contributed by atoms with Gasteiger partial charge in [-0.2, -0.15) is 4.98 Å². The van der Waals surface area contributed by atoms with Crippen LogP contribution in [-0.2, 0) is 0 Å². The van der Waals surface area contributed by atoms with Gasteiger partial charge in [0.05, 0.1) is 7.11 Å². The molecule has 0 amide bonds. The molecule has 0 aliphatic heterocycles. The van der Waals surface area contributed by atoms with Gasteiger partial charge in [-0.25, -0.2) is 0 Å². The molecule has 0 aliphatic carbocycles. The molecule has 0 atom stereocenters. The van der Waals surface area contributed by atoms with Crippen LogP contribution in [0.15, 0.2) is 45.7 Å². The summed E-state index contributed by atoms with van der Waals surface area (Å²) in [6.45, 7) is 0. The van der Waals surface area contributed by atoms with Crippen molar-refractivity contribution in [3.05, 3.63) is 41.1 Å². The van der Waals surface area contributed by atoms with Gasteiger partial charge in [-0.05, 0) is 40.2 Å². The lowest BCUT2D eigenvalue weighted by atomic mass is 10.2. The standard InChI is InChI=1S/C14H10BrN3O3/c1-20-12-5-8(2-3-11(12)19)14-17-13(18-21-14)9-4-10(15)7-16-6-9/h2-7,19H,1H3. The molecule has 0 saturated heterocycles. The molecule has 6 nitrogen and oxygen atoms in total. The molecule has 1 N–H and O–H groups in total. The fraction of sp³-hybridized carbons (Fsp3) is 0.0714. The average molecular weight is 348 g/mol. The number of hydrogen-bond donors (Lipinski definition) is 1. The highest BCUT2D eigenvalue weighted by atomic mass is 79.9. The Kier molecular flexibility index (Phi) is 3.57. The summed E-state index contributed by atoms with van der Waals surface area (Å²) in [5.41, 5.74) is 1.40. The fourth-order valence-corrected chi connectivity index (χ4v) is 2.17. The van der Waals surface area contributed by atoms with Crippen molar-refractivity contribution in [1.29, 1.82) is 0 Å². The largest absolute Gasteiger partial charge is 0.504 e. The van der Waals surface area contributed by atoms with Crippen LogP contribution in [-0.4, -0.2) is 27.3 Å². The van der Waals surface area contributed by atoms with E-state index in [4.69, 9.17) is 9.26 Å². The van der Waals surface area contributed by atoms with E-state index in [1.165, 1.54) is 13.2 Å². The van der Waals surface area contributed by atoms with Crippen LogP contribution in [0.5, 0.6) is 11.5 Å². The maximum atomic E-state index is 9.59. The van der Waals surface area contributed by atoms with Crippen molar-refractivity contribution in [3.63, 3.8) is 0 Å². The van der Waals surface area contributed by atoms with Gasteiger partial charge < -0.3 is 14.4 Å². The first-order chi connectivity index (χ1) is 10.2. The van der Waals surface area contributed by atoms with Gasteiger partial charge in [-0.1, -0.05) is 5.16 Å². The van der Waals surface area contributed by atoms with Gasteiger partial charge in [0.1, 0.15) is 0 Å². The molecule has 7 heteroatoms. The maximum Gasteiger partial charge on any atom is 0.258 e. The minimum atomic E-state index is 0.0529. The summed E-state index contributed by atoms with van der Waals surface area (Å²) in [6.07, 6.45) is 3.33. The second kappa shape index (κ2) is 5.53. The number of halogens is 1. The summed E-state index contributed by atoms with van der Waals surface area (Å²) >= 11 is 3.35. The second-order valence-corrected chi connectivity index (χ2v) is 5.12. The van der Waals surface area contributed by atoms with E-state index in [1.54, 1.807) is 24.5 Å². The van der Waals surface area contributed by atoms with E-state index in [9.17, 15) is 5.11 Å². The van der Waals surface area contributed by atoms with E-state index < -0.39 is 0 Å². The molecule has 0 spiro atoms. The van der Waals surface area contributed by atoms with Crippen LogP contribution in [0.4, 0.5) is 0 Å². The molecular weight excluding hydrogens is 338 g/mol. The number of hydrogen-bond acceptors (Lipinski definition) is 6. The van der Waals surface area contributed by atoms with Crippen LogP contribution < -0.4 is 4.74 Å². The van der Waals surface area contributed by atoms with Crippen LogP contribution in [0, 0.1) is 0 Å². The van der Waals surface area contributed by atoms with Gasteiger partial charge in [0, 0.05) is 28.0 Å². The van der Waals surface area contributed by atoms with E-state index in [0.29, 0.717) is 23.0 Å². The molecule has 3 aromatic rings.